The first-order valence-corrected chi connectivity index (χ1v) is 10.4. The third kappa shape index (κ3) is 3.80. The number of hydrogen-bond acceptors (Lipinski definition) is 5. The normalized spacial score (nSPS) is 28.5. The van der Waals surface area contributed by atoms with Gasteiger partial charge in [0, 0.05) is 51.3 Å². The molecule has 0 radical (unpaired) electrons. The number of aryl methyl sites for hydroxylation is 2. The van der Waals surface area contributed by atoms with E-state index in [0.717, 1.165) is 30.6 Å². The molecule has 1 aromatic rings. The Morgan fingerprint density at radius 3 is 2.68 bits per heavy atom. The van der Waals surface area contributed by atoms with Gasteiger partial charge in [0.15, 0.2) is 0 Å². The maximum atomic E-state index is 12.6. The third-order valence-electron chi connectivity index (χ3n) is 6.78. The SMILES string of the molecule is Cc1nn(C)cc1NC(=O)CN1CCC2(O)CCN(C(=O)C3CCC3)CC2C1. The van der Waals surface area contributed by atoms with Crippen LogP contribution in [0.15, 0.2) is 6.20 Å². The number of carbonyl (C=O) groups is 2. The van der Waals surface area contributed by atoms with Crippen molar-refractivity contribution in [2.45, 2.75) is 44.6 Å². The van der Waals surface area contributed by atoms with E-state index in [0.29, 0.717) is 39.0 Å². The second-order valence-electron chi connectivity index (χ2n) is 8.80. The fourth-order valence-electron chi connectivity index (χ4n) is 4.74. The van der Waals surface area contributed by atoms with Crippen molar-refractivity contribution in [2.24, 2.45) is 18.9 Å². The molecule has 4 rings (SSSR count). The Morgan fingerprint density at radius 1 is 1.29 bits per heavy atom. The van der Waals surface area contributed by atoms with Crippen LogP contribution in [0.4, 0.5) is 5.69 Å². The van der Waals surface area contributed by atoms with E-state index in [9.17, 15) is 14.7 Å². The van der Waals surface area contributed by atoms with E-state index in [2.05, 4.69) is 15.3 Å². The molecule has 0 bridgehead atoms. The molecule has 3 fully saturated rings. The number of likely N-dealkylation sites (tertiary alicyclic amines) is 2. The number of hydrogen-bond donors (Lipinski definition) is 2. The van der Waals surface area contributed by atoms with Crippen molar-refractivity contribution in [1.29, 1.82) is 0 Å². The molecule has 1 aromatic heterocycles. The van der Waals surface area contributed by atoms with Crippen molar-refractivity contribution in [3.8, 4) is 0 Å². The molecule has 0 spiro atoms. The Balaban J connectivity index is 1.34. The van der Waals surface area contributed by atoms with Crippen LogP contribution in [0.2, 0.25) is 0 Å². The highest BCUT2D eigenvalue weighted by Gasteiger charge is 2.46. The first-order chi connectivity index (χ1) is 13.3. The topological polar surface area (TPSA) is 90.7 Å². The molecule has 3 aliphatic rings. The molecule has 28 heavy (non-hydrogen) atoms. The lowest BCUT2D eigenvalue weighted by atomic mass is 9.75. The van der Waals surface area contributed by atoms with Gasteiger partial charge in [-0.3, -0.25) is 19.2 Å². The van der Waals surface area contributed by atoms with E-state index in [4.69, 9.17) is 0 Å². The van der Waals surface area contributed by atoms with Gasteiger partial charge in [0.05, 0.1) is 23.5 Å². The Labute approximate surface area is 165 Å². The molecule has 2 N–H and O–H groups in total. The predicted molar refractivity (Wildman–Crippen MR) is 105 cm³/mol. The lowest BCUT2D eigenvalue weighted by Crippen LogP contribution is -2.61. The summed E-state index contributed by atoms with van der Waals surface area (Å²) in [5.41, 5.74) is 0.820. The maximum Gasteiger partial charge on any atom is 0.238 e. The standard InChI is InChI=1S/C20H31N5O3/c1-14-17(12-23(2)22-14)21-18(26)13-24-8-6-20(28)7-9-25(11-16(20)10-24)19(27)15-4-3-5-15/h12,15-16,28H,3-11,13H2,1-2H3,(H,21,26). The average Bonchev–Trinajstić information content (AvgIpc) is 2.90. The number of rotatable bonds is 4. The van der Waals surface area contributed by atoms with Gasteiger partial charge in [0.25, 0.3) is 0 Å². The quantitative estimate of drug-likeness (QED) is 0.793. The molecule has 2 saturated heterocycles. The van der Waals surface area contributed by atoms with Crippen molar-refractivity contribution in [3.05, 3.63) is 11.9 Å². The van der Waals surface area contributed by atoms with Crippen molar-refractivity contribution >= 4 is 17.5 Å². The lowest BCUT2D eigenvalue weighted by molar-refractivity contribution is -0.153. The summed E-state index contributed by atoms with van der Waals surface area (Å²) in [7, 11) is 1.83. The number of nitrogens with one attached hydrogen (secondary N) is 1. The minimum absolute atomic E-state index is 0.00644. The minimum atomic E-state index is -0.705. The maximum absolute atomic E-state index is 12.6. The number of anilines is 1. The molecule has 0 aromatic carbocycles. The summed E-state index contributed by atoms with van der Waals surface area (Å²) in [5.74, 6) is 0.390. The highest BCUT2D eigenvalue weighted by Crippen LogP contribution is 2.37. The van der Waals surface area contributed by atoms with Gasteiger partial charge in [-0.15, -0.1) is 0 Å². The zero-order valence-corrected chi connectivity index (χ0v) is 16.9. The minimum Gasteiger partial charge on any atom is -0.389 e. The smallest absolute Gasteiger partial charge is 0.238 e. The Morgan fingerprint density at radius 2 is 2.04 bits per heavy atom. The molecule has 2 amide bonds. The van der Waals surface area contributed by atoms with E-state index in [-0.39, 0.29) is 30.2 Å². The summed E-state index contributed by atoms with van der Waals surface area (Å²) in [6, 6.07) is 0. The van der Waals surface area contributed by atoms with Crippen LogP contribution in [0.5, 0.6) is 0 Å². The molecule has 8 heteroatoms. The lowest BCUT2D eigenvalue weighted by Gasteiger charge is -2.50. The van der Waals surface area contributed by atoms with Gasteiger partial charge in [-0.25, -0.2) is 0 Å². The van der Waals surface area contributed by atoms with Gasteiger partial charge in [-0.1, -0.05) is 6.42 Å². The fourth-order valence-corrected chi connectivity index (χ4v) is 4.74. The Hall–Kier alpha value is -1.93. The zero-order chi connectivity index (χ0) is 19.9. The van der Waals surface area contributed by atoms with E-state index in [1.54, 1.807) is 10.9 Å². The highest BCUT2D eigenvalue weighted by atomic mass is 16.3. The average molecular weight is 390 g/mol. The van der Waals surface area contributed by atoms with Crippen LogP contribution in [-0.4, -0.2) is 74.8 Å². The molecule has 2 atom stereocenters. The van der Waals surface area contributed by atoms with Crippen LogP contribution in [0.3, 0.4) is 0 Å². The summed E-state index contributed by atoms with van der Waals surface area (Å²) in [5, 5.41) is 18.2. The largest absolute Gasteiger partial charge is 0.389 e. The predicted octanol–water partition coefficient (Wildman–Crippen LogP) is 0.752. The number of fused-ring (bicyclic) bond motifs is 1. The van der Waals surface area contributed by atoms with Gasteiger partial charge in [-0.2, -0.15) is 5.10 Å². The van der Waals surface area contributed by atoms with Gasteiger partial charge in [0.2, 0.25) is 11.8 Å². The number of carbonyl (C=O) groups excluding carboxylic acids is 2. The molecule has 2 aliphatic heterocycles. The van der Waals surface area contributed by atoms with Gasteiger partial charge >= 0.3 is 0 Å². The van der Waals surface area contributed by atoms with E-state index in [1.807, 2.05) is 18.9 Å². The number of piperidine rings is 2. The Bertz CT molecular complexity index is 759. The van der Waals surface area contributed by atoms with Crippen LogP contribution in [-0.2, 0) is 16.6 Å². The first kappa shape index (κ1) is 19.4. The van der Waals surface area contributed by atoms with E-state index < -0.39 is 5.60 Å². The zero-order valence-electron chi connectivity index (χ0n) is 16.9. The van der Waals surface area contributed by atoms with Crippen LogP contribution in [0, 0.1) is 18.8 Å². The summed E-state index contributed by atoms with van der Waals surface area (Å²) in [6.45, 7) is 4.76. The van der Waals surface area contributed by atoms with Crippen LogP contribution < -0.4 is 5.32 Å². The van der Waals surface area contributed by atoms with Gasteiger partial charge in [0.1, 0.15) is 0 Å². The Kier molecular flexibility index (Phi) is 5.18. The fraction of sp³-hybridized carbons (Fsp3) is 0.750. The summed E-state index contributed by atoms with van der Waals surface area (Å²) < 4.78 is 1.68. The molecular formula is C20H31N5O3. The molecule has 154 valence electrons. The summed E-state index contributed by atoms with van der Waals surface area (Å²) >= 11 is 0. The van der Waals surface area contributed by atoms with E-state index >= 15 is 0 Å². The van der Waals surface area contributed by atoms with Crippen LogP contribution in [0.25, 0.3) is 0 Å². The van der Waals surface area contributed by atoms with Crippen LogP contribution in [0.1, 0.15) is 37.8 Å². The third-order valence-corrected chi connectivity index (χ3v) is 6.78. The monoisotopic (exact) mass is 389 g/mol. The second kappa shape index (κ2) is 7.48. The molecule has 2 unspecified atom stereocenters. The van der Waals surface area contributed by atoms with Crippen molar-refractivity contribution < 1.29 is 14.7 Å². The number of aromatic nitrogens is 2. The molecule has 3 heterocycles. The molecule has 8 nitrogen and oxygen atoms in total. The van der Waals surface area contributed by atoms with Crippen molar-refractivity contribution in [3.63, 3.8) is 0 Å². The highest BCUT2D eigenvalue weighted by molar-refractivity contribution is 5.92. The van der Waals surface area contributed by atoms with Crippen molar-refractivity contribution in [2.75, 3.05) is 38.0 Å². The van der Waals surface area contributed by atoms with Gasteiger partial charge < -0.3 is 15.3 Å². The van der Waals surface area contributed by atoms with Crippen molar-refractivity contribution in [1.82, 2.24) is 19.6 Å². The summed E-state index contributed by atoms with van der Waals surface area (Å²) in [4.78, 5) is 29.1. The number of amides is 2. The second-order valence-corrected chi connectivity index (χ2v) is 8.80. The van der Waals surface area contributed by atoms with E-state index in [1.165, 1.54) is 0 Å². The van der Waals surface area contributed by atoms with Crippen LogP contribution >= 0.6 is 0 Å². The van der Waals surface area contributed by atoms with Gasteiger partial charge in [-0.05, 0) is 32.6 Å². The molecule has 1 aliphatic carbocycles. The first-order valence-electron chi connectivity index (χ1n) is 10.4. The molecule has 1 saturated carbocycles. The number of nitrogens with zero attached hydrogens (tertiary/aromatic N) is 4. The summed E-state index contributed by atoms with van der Waals surface area (Å²) in [6.07, 6.45) is 6.26. The number of aliphatic hydroxyl groups is 1. The molecular weight excluding hydrogens is 358 g/mol.